The standard InChI is InChI=1S/3C7H15NO2.C7H14O2/c3*1-7(2,3)10-6(9)8(4)5;1-5-6(8)9-7(2,3)4/h3*1-5H3;5H2,1-4H3. The van der Waals surface area contributed by atoms with Gasteiger partial charge in [-0.25, -0.2) is 14.4 Å². The third kappa shape index (κ3) is 39.9. The van der Waals surface area contributed by atoms with Gasteiger partial charge >= 0.3 is 24.2 Å². The lowest BCUT2D eigenvalue weighted by molar-refractivity contribution is -0.154. The summed E-state index contributed by atoms with van der Waals surface area (Å²) in [4.78, 5) is 47.4. The maximum absolute atomic E-state index is 10.9. The largest absolute Gasteiger partial charge is 0.460 e. The zero-order chi connectivity index (χ0) is 32.6. The van der Waals surface area contributed by atoms with Gasteiger partial charge in [0.05, 0.1) is 0 Å². The van der Waals surface area contributed by atoms with Crippen LogP contribution in [0.2, 0.25) is 0 Å². The summed E-state index contributed by atoms with van der Waals surface area (Å²) in [7, 11) is 9.96. The highest BCUT2D eigenvalue weighted by molar-refractivity contribution is 5.69. The van der Waals surface area contributed by atoms with Gasteiger partial charge < -0.3 is 33.6 Å². The Morgan fingerprint density at radius 2 is 0.615 bits per heavy atom. The highest BCUT2D eigenvalue weighted by Crippen LogP contribution is 2.09. The Hall–Kier alpha value is -2.72. The van der Waals surface area contributed by atoms with E-state index in [2.05, 4.69) is 0 Å². The van der Waals surface area contributed by atoms with Crippen LogP contribution in [-0.2, 0) is 23.7 Å². The first-order valence-electron chi connectivity index (χ1n) is 12.9. The summed E-state index contributed by atoms with van der Waals surface area (Å²) in [5, 5.41) is 0. The van der Waals surface area contributed by atoms with Crippen molar-refractivity contribution in [1.29, 1.82) is 0 Å². The molecule has 0 aromatic carbocycles. The number of hydrogen-bond acceptors (Lipinski definition) is 8. The molecule has 0 aromatic heterocycles. The fourth-order valence-corrected chi connectivity index (χ4v) is 1.47. The molecular weight excluding hydrogens is 506 g/mol. The number of rotatable bonds is 1. The highest BCUT2D eigenvalue weighted by atomic mass is 16.6. The van der Waals surface area contributed by atoms with Crippen LogP contribution in [-0.4, -0.2) is 104 Å². The predicted octanol–water partition coefficient (Wildman–Crippen LogP) is 6.19. The van der Waals surface area contributed by atoms with Crippen molar-refractivity contribution in [2.24, 2.45) is 0 Å². The fourth-order valence-electron chi connectivity index (χ4n) is 1.47. The smallest absolute Gasteiger partial charge is 0.409 e. The molecule has 0 bridgehead atoms. The number of carbonyl (C=O) groups excluding carboxylic acids is 4. The lowest BCUT2D eigenvalue weighted by Gasteiger charge is -2.22. The van der Waals surface area contributed by atoms with Crippen molar-refractivity contribution in [3.63, 3.8) is 0 Å². The van der Waals surface area contributed by atoms with Gasteiger partial charge in [-0.1, -0.05) is 6.92 Å². The van der Waals surface area contributed by atoms with E-state index in [1.807, 2.05) is 83.1 Å². The van der Waals surface area contributed by atoms with E-state index < -0.39 is 0 Å². The van der Waals surface area contributed by atoms with Crippen LogP contribution in [0.4, 0.5) is 14.4 Å². The van der Waals surface area contributed by atoms with Crippen LogP contribution in [0, 0.1) is 0 Å². The molecule has 0 heterocycles. The monoisotopic (exact) mass is 565 g/mol. The first-order chi connectivity index (χ1) is 16.9. The van der Waals surface area contributed by atoms with Gasteiger partial charge in [-0.15, -0.1) is 0 Å². The third-order valence-corrected chi connectivity index (χ3v) is 2.98. The number of esters is 1. The fraction of sp³-hybridized carbons (Fsp3) is 0.857. The molecule has 0 aliphatic carbocycles. The second-order valence-electron chi connectivity index (χ2n) is 13.1. The molecule has 0 rings (SSSR count). The van der Waals surface area contributed by atoms with Crippen molar-refractivity contribution in [2.45, 2.75) is 119 Å². The molecule has 0 aliphatic heterocycles. The number of hydrogen-bond donors (Lipinski definition) is 0. The summed E-state index contributed by atoms with van der Waals surface area (Å²) in [6.45, 7) is 23.9. The van der Waals surface area contributed by atoms with Crippen LogP contribution in [0.1, 0.15) is 96.4 Å². The summed E-state index contributed by atoms with van der Waals surface area (Å²) in [6, 6.07) is 0. The molecule has 0 radical (unpaired) electrons. The summed E-state index contributed by atoms with van der Waals surface area (Å²) in [5.41, 5.74) is -1.49. The van der Waals surface area contributed by atoms with Crippen LogP contribution in [0.25, 0.3) is 0 Å². The lowest BCUT2D eigenvalue weighted by Crippen LogP contribution is -2.31. The topological polar surface area (TPSA) is 115 Å². The molecule has 0 N–H and O–H groups in total. The zero-order valence-corrected chi connectivity index (χ0v) is 28.3. The normalized spacial score (nSPS) is 10.9. The Morgan fingerprint density at radius 1 is 0.436 bits per heavy atom. The molecule has 0 saturated carbocycles. The molecular formula is C28H59N3O8. The molecule has 3 amide bonds. The van der Waals surface area contributed by atoms with Gasteiger partial charge in [0.1, 0.15) is 22.4 Å². The Kier molecular flexibility index (Phi) is 20.6. The summed E-state index contributed by atoms with van der Waals surface area (Å²) < 4.78 is 19.9. The molecule has 234 valence electrons. The van der Waals surface area contributed by atoms with E-state index >= 15 is 0 Å². The van der Waals surface area contributed by atoms with Gasteiger partial charge in [0.2, 0.25) is 0 Å². The maximum atomic E-state index is 10.9. The van der Waals surface area contributed by atoms with Gasteiger partial charge in [-0.3, -0.25) is 4.79 Å². The van der Waals surface area contributed by atoms with Gasteiger partial charge in [0.15, 0.2) is 0 Å². The van der Waals surface area contributed by atoms with Crippen molar-refractivity contribution in [1.82, 2.24) is 14.7 Å². The third-order valence-electron chi connectivity index (χ3n) is 2.98. The van der Waals surface area contributed by atoms with Gasteiger partial charge in [-0.05, 0) is 83.1 Å². The maximum Gasteiger partial charge on any atom is 0.409 e. The molecule has 0 fully saturated rings. The van der Waals surface area contributed by atoms with Crippen molar-refractivity contribution >= 4 is 24.2 Å². The van der Waals surface area contributed by atoms with Gasteiger partial charge in [0, 0.05) is 48.7 Å². The molecule has 0 aliphatic rings. The molecule has 0 spiro atoms. The SMILES string of the molecule is CCC(=O)OC(C)(C)C.CN(C)C(=O)OC(C)(C)C.CN(C)C(=O)OC(C)(C)C.CN(C)C(=O)OC(C)(C)C. The van der Waals surface area contributed by atoms with Gasteiger partial charge in [-0.2, -0.15) is 0 Å². The summed E-state index contributed by atoms with van der Waals surface area (Å²) >= 11 is 0. The molecule has 11 nitrogen and oxygen atoms in total. The van der Waals surface area contributed by atoms with Gasteiger partial charge in [0.25, 0.3) is 0 Å². The van der Waals surface area contributed by atoms with E-state index in [9.17, 15) is 19.2 Å². The quantitative estimate of drug-likeness (QED) is 0.273. The Balaban J connectivity index is -0.000000210. The minimum absolute atomic E-state index is 0.137. The Morgan fingerprint density at radius 3 is 0.667 bits per heavy atom. The van der Waals surface area contributed by atoms with Crippen molar-refractivity contribution in [2.75, 3.05) is 42.3 Å². The van der Waals surface area contributed by atoms with E-state index in [1.165, 1.54) is 14.7 Å². The van der Waals surface area contributed by atoms with E-state index in [1.54, 1.807) is 49.2 Å². The first-order valence-corrected chi connectivity index (χ1v) is 12.9. The summed E-state index contributed by atoms with van der Waals surface area (Å²) in [6.07, 6.45) is -0.440. The number of amides is 3. The number of nitrogens with zero attached hydrogens (tertiary/aromatic N) is 3. The average molecular weight is 566 g/mol. The van der Waals surface area contributed by atoms with Crippen molar-refractivity contribution in [3.05, 3.63) is 0 Å². The van der Waals surface area contributed by atoms with Crippen molar-refractivity contribution < 1.29 is 38.1 Å². The van der Waals surface area contributed by atoms with Crippen molar-refractivity contribution in [3.8, 4) is 0 Å². The Labute approximate surface area is 238 Å². The second-order valence-corrected chi connectivity index (χ2v) is 13.1. The highest BCUT2D eigenvalue weighted by Gasteiger charge is 2.18. The van der Waals surface area contributed by atoms with Crippen LogP contribution < -0.4 is 0 Å². The van der Waals surface area contributed by atoms with Crippen LogP contribution in [0.15, 0.2) is 0 Å². The van der Waals surface area contributed by atoms with E-state index in [0.717, 1.165) is 0 Å². The molecule has 0 unspecified atom stereocenters. The first kappa shape index (κ1) is 43.3. The van der Waals surface area contributed by atoms with E-state index in [0.29, 0.717) is 6.42 Å². The second kappa shape index (κ2) is 18.5. The van der Waals surface area contributed by atoms with E-state index in [4.69, 9.17) is 18.9 Å². The molecule has 39 heavy (non-hydrogen) atoms. The minimum Gasteiger partial charge on any atom is -0.460 e. The lowest BCUT2D eigenvalue weighted by atomic mass is 10.2. The molecule has 0 atom stereocenters. The van der Waals surface area contributed by atoms with Crippen LogP contribution in [0.3, 0.4) is 0 Å². The number of ether oxygens (including phenoxy) is 4. The minimum atomic E-state index is -0.388. The molecule has 0 aromatic rings. The summed E-state index contributed by atoms with van der Waals surface area (Å²) in [5.74, 6) is -0.137. The van der Waals surface area contributed by atoms with E-state index in [-0.39, 0.29) is 46.7 Å². The molecule has 0 saturated heterocycles. The number of carbonyl (C=O) groups is 4. The molecule has 11 heteroatoms. The zero-order valence-electron chi connectivity index (χ0n) is 28.3. The van der Waals surface area contributed by atoms with Crippen LogP contribution >= 0.6 is 0 Å². The Bertz CT molecular complexity index is 645. The van der Waals surface area contributed by atoms with Crippen LogP contribution in [0.5, 0.6) is 0 Å². The average Bonchev–Trinajstić information content (AvgIpc) is 2.64. The predicted molar refractivity (Wildman–Crippen MR) is 156 cm³/mol.